The van der Waals surface area contributed by atoms with Crippen molar-refractivity contribution in [2.75, 3.05) is 6.54 Å². The summed E-state index contributed by atoms with van der Waals surface area (Å²) in [6.45, 7) is 2.23. The summed E-state index contributed by atoms with van der Waals surface area (Å²) in [5, 5.41) is 6.47. The molecule has 2 heterocycles. The van der Waals surface area contributed by atoms with E-state index in [0.717, 1.165) is 12.2 Å². The zero-order chi connectivity index (χ0) is 13.2. The first-order valence-electron chi connectivity index (χ1n) is 6.18. The molecule has 0 aliphatic carbocycles. The maximum absolute atomic E-state index is 11.8. The van der Waals surface area contributed by atoms with E-state index in [0.29, 0.717) is 12.2 Å². The van der Waals surface area contributed by atoms with Gasteiger partial charge in [-0.1, -0.05) is 23.4 Å². The second-order valence-corrected chi connectivity index (χ2v) is 4.59. The molecular formula is C14H14N2O3. The van der Waals surface area contributed by atoms with Crippen LogP contribution in [-0.2, 0) is 6.42 Å². The zero-order valence-corrected chi connectivity index (χ0v) is 10.6. The van der Waals surface area contributed by atoms with Crippen molar-refractivity contribution in [1.29, 1.82) is 0 Å². The summed E-state index contributed by atoms with van der Waals surface area (Å²) in [6.07, 6.45) is 0.789. The number of nitrogens with zero attached hydrogens (tertiary/aromatic N) is 1. The Morgan fingerprint density at radius 3 is 3.05 bits per heavy atom. The average Bonchev–Trinajstić information content (AvgIpc) is 3.01. The van der Waals surface area contributed by atoms with Gasteiger partial charge in [-0.25, -0.2) is 0 Å². The molecule has 0 saturated heterocycles. The summed E-state index contributed by atoms with van der Waals surface area (Å²) in [6, 6.07) is 9.52. The van der Waals surface area contributed by atoms with Gasteiger partial charge < -0.3 is 14.6 Å². The number of hydrogen-bond donors (Lipinski definition) is 1. The molecule has 1 atom stereocenters. The molecule has 1 N–H and O–H groups in total. The van der Waals surface area contributed by atoms with Crippen molar-refractivity contribution in [3.05, 3.63) is 47.3 Å². The van der Waals surface area contributed by atoms with Crippen LogP contribution in [0, 0.1) is 6.92 Å². The number of benzene rings is 1. The molecule has 1 unspecified atom stereocenters. The Bertz CT molecular complexity index is 581. The van der Waals surface area contributed by atoms with Crippen molar-refractivity contribution >= 4 is 5.91 Å². The molecule has 5 nitrogen and oxygen atoms in total. The van der Waals surface area contributed by atoms with Gasteiger partial charge in [-0.15, -0.1) is 0 Å². The summed E-state index contributed by atoms with van der Waals surface area (Å²) in [5.41, 5.74) is 1.87. The van der Waals surface area contributed by atoms with Crippen LogP contribution in [-0.4, -0.2) is 23.7 Å². The number of carbonyl (C=O) groups is 1. The second-order valence-electron chi connectivity index (χ2n) is 4.59. The first kappa shape index (κ1) is 11.8. The fraction of sp³-hybridized carbons (Fsp3) is 0.286. The van der Waals surface area contributed by atoms with Crippen molar-refractivity contribution < 1.29 is 14.1 Å². The third-order valence-electron chi connectivity index (χ3n) is 3.06. The lowest BCUT2D eigenvalue weighted by atomic mass is 10.1. The van der Waals surface area contributed by atoms with Crippen molar-refractivity contribution in [3.8, 4) is 5.75 Å². The standard InChI is InChI=1S/C14H14N2O3/c1-9-6-13(19-16-9)14(17)15-8-11-7-10-4-2-3-5-12(10)18-11/h2-6,11H,7-8H2,1H3,(H,15,17). The minimum atomic E-state index is -0.264. The number of fused-ring (bicyclic) bond motifs is 1. The third kappa shape index (κ3) is 2.45. The number of carbonyl (C=O) groups excluding carboxylic acids is 1. The van der Waals surface area contributed by atoms with E-state index >= 15 is 0 Å². The molecular weight excluding hydrogens is 244 g/mol. The SMILES string of the molecule is Cc1cc(C(=O)NCC2Cc3ccccc3O2)on1. The highest BCUT2D eigenvalue weighted by molar-refractivity contribution is 5.91. The molecule has 98 valence electrons. The van der Waals surface area contributed by atoms with Gasteiger partial charge in [0.1, 0.15) is 11.9 Å². The number of aryl methyl sites for hydroxylation is 1. The van der Waals surface area contributed by atoms with Crippen LogP contribution in [0.4, 0.5) is 0 Å². The number of ether oxygens (including phenoxy) is 1. The number of nitrogens with one attached hydrogen (secondary N) is 1. The van der Waals surface area contributed by atoms with Gasteiger partial charge >= 0.3 is 0 Å². The smallest absolute Gasteiger partial charge is 0.290 e. The molecule has 3 rings (SSSR count). The molecule has 19 heavy (non-hydrogen) atoms. The van der Waals surface area contributed by atoms with E-state index in [4.69, 9.17) is 9.26 Å². The number of hydrogen-bond acceptors (Lipinski definition) is 4. The summed E-state index contributed by atoms with van der Waals surface area (Å²) in [4.78, 5) is 11.8. The molecule has 1 aliphatic rings. The average molecular weight is 258 g/mol. The van der Waals surface area contributed by atoms with Crippen molar-refractivity contribution in [2.45, 2.75) is 19.4 Å². The Morgan fingerprint density at radius 2 is 2.32 bits per heavy atom. The Balaban J connectivity index is 1.56. The fourth-order valence-electron chi connectivity index (χ4n) is 2.13. The molecule has 2 aromatic rings. The van der Waals surface area contributed by atoms with Crippen LogP contribution in [0.1, 0.15) is 21.8 Å². The lowest BCUT2D eigenvalue weighted by molar-refractivity contribution is 0.0896. The van der Waals surface area contributed by atoms with Crippen molar-refractivity contribution in [3.63, 3.8) is 0 Å². The normalized spacial score (nSPS) is 16.8. The Kier molecular flexibility index (Phi) is 2.95. The molecule has 0 spiro atoms. The minimum absolute atomic E-state index is 0.0228. The molecule has 0 fully saturated rings. The summed E-state index contributed by atoms with van der Waals surface area (Å²) in [5.74, 6) is 0.866. The molecule has 1 amide bonds. The van der Waals surface area contributed by atoms with Gasteiger partial charge in [-0.05, 0) is 18.6 Å². The van der Waals surface area contributed by atoms with Crippen LogP contribution < -0.4 is 10.1 Å². The van der Waals surface area contributed by atoms with Gasteiger partial charge in [0, 0.05) is 12.5 Å². The highest BCUT2D eigenvalue weighted by Crippen LogP contribution is 2.27. The van der Waals surface area contributed by atoms with E-state index in [1.165, 1.54) is 5.56 Å². The molecule has 1 aliphatic heterocycles. The zero-order valence-electron chi connectivity index (χ0n) is 10.6. The van der Waals surface area contributed by atoms with Crippen LogP contribution in [0.15, 0.2) is 34.9 Å². The van der Waals surface area contributed by atoms with Crippen LogP contribution >= 0.6 is 0 Å². The Hall–Kier alpha value is -2.30. The largest absolute Gasteiger partial charge is 0.488 e. The van der Waals surface area contributed by atoms with Gasteiger partial charge in [0.25, 0.3) is 5.91 Å². The molecule has 0 bridgehead atoms. The monoisotopic (exact) mass is 258 g/mol. The first-order chi connectivity index (χ1) is 9.22. The summed E-state index contributed by atoms with van der Waals surface area (Å²) in [7, 11) is 0. The predicted molar refractivity (Wildman–Crippen MR) is 68.1 cm³/mol. The van der Waals surface area contributed by atoms with Crippen LogP contribution in [0.5, 0.6) is 5.75 Å². The van der Waals surface area contributed by atoms with Crippen molar-refractivity contribution in [2.24, 2.45) is 0 Å². The van der Waals surface area contributed by atoms with Crippen LogP contribution in [0.25, 0.3) is 0 Å². The highest BCUT2D eigenvalue weighted by atomic mass is 16.5. The van der Waals surface area contributed by atoms with Crippen molar-refractivity contribution in [1.82, 2.24) is 10.5 Å². The third-order valence-corrected chi connectivity index (χ3v) is 3.06. The number of rotatable bonds is 3. The highest BCUT2D eigenvalue weighted by Gasteiger charge is 2.23. The van der Waals surface area contributed by atoms with E-state index in [9.17, 15) is 4.79 Å². The van der Waals surface area contributed by atoms with Gasteiger partial charge in [0.05, 0.1) is 12.2 Å². The molecule has 1 aromatic heterocycles. The van der Waals surface area contributed by atoms with Crippen LogP contribution in [0.2, 0.25) is 0 Å². The van der Waals surface area contributed by atoms with E-state index in [-0.39, 0.29) is 17.8 Å². The number of amides is 1. The summed E-state index contributed by atoms with van der Waals surface area (Å²) < 4.78 is 10.6. The Morgan fingerprint density at radius 1 is 1.47 bits per heavy atom. The van der Waals surface area contributed by atoms with Gasteiger partial charge in [-0.3, -0.25) is 4.79 Å². The predicted octanol–water partition coefficient (Wildman–Crippen LogP) is 1.72. The lowest BCUT2D eigenvalue weighted by Gasteiger charge is -2.10. The fourth-order valence-corrected chi connectivity index (χ4v) is 2.13. The quantitative estimate of drug-likeness (QED) is 0.910. The summed E-state index contributed by atoms with van der Waals surface area (Å²) >= 11 is 0. The lowest BCUT2D eigenvalue weighted by Crippen LogP contribution is -2.34. The van der Waals surface area contributed by atoms with Gasteiger partial charge in [0.2, 0.25) is 5.76 Å². The first-order valence-corrected chi connectivity index (χ1v) is 6.18. The molecule has 5 heteroatoms. The second kappa shape index (κ2) is 4.76. The van der Waals surface area contributed by atoms with E-state index in [1.807, 2.05) is 24.3 Å². The van der Waals surface area contributed by atoms with Crippen LogP contribution in [0.3, 0.4) is 0 Å². The number of para-hydroxylation sites is 1. The van der Waals surface area contributed by atoms with E-state index < -0.39 is 0 Å². The molecule has 0 radical (unpaired) electrons. The number of aromatic nitrogens is 1. The molecule has 1 aromatic carbocycles. The van der Waals surface area contributed by atoms with E-state index in [2.05, 4.69) is 10.5 Å². The minimum Gasteiger partial charge on any atom is -0.488 e. The Labute approximate surface area is 110 Å². The molecule has 0 saturated carbocycles. The van der Waals surface area contributed by atoms with Gasteiger partial charge in [-0.2, -0.15) is 0 Å². The van der Waals surface area contributed by atoms with E-state index in [1.54, 1.807) is 13.0 Å². The maximum Gasteiger partial charge on any atom is 0.290 e. The topological polar surface area (TPSA) is 64.4 Å². The maximum atomic E-state index is 11.8. The van der Waals surface area contributed by atoms with Gasteiger partial charge in [0.15, 0.2) is 0 Å².